The minimum atomic E-state index is -0.449. The van der Waals surface area contributed by atoms with E-state index in [1.54, 1.807) is 6.20 Å². The Kier molecular flexibility index (Phi) is 4.93. The van der Waals surface area contributed by atoms with Gasteiger partial charge in [0.05, 0.1) is 24.0 Å². The van der Waals surface area contributed by atoms with Gasteiger partial charge in [0.1, 0.15) is 18.0 Å². The summed E-state index contributed by atoms with van der Waals surface area (Å²) in [5.41, 5.74) is 2.35. The number of anilines is 1. The van der Waals surface area contributed by atoms with E-state index in [2.05, 4.69) is 27.1 Å². The lowest BCUT2D eigenvalue weighted by molar-refractivity contribution is -0.0322. The maximum atomic E-state index is 12.8. The minimum Gasteiger partial charge on any atom is -0.489 e. The molecule has 3 heterocycles. The molecule has 7 heteroatoms. The number of benzene rings is 1. The Bertz CT molecular complexity index is 884. The number of hydrogen-bond acceptors (Lipinski definition) is 6. The summed E-state index contributed by atoms with van der Waals surface area (Å²) < 4.78 is 11.8. The summed E-state index contributed by atoms with van der Waals surface area (Å²) in [6.45, 7) is 5.68. The van der Waals surface area contributed by atoms with Crippen LogP contribution in [0.1, 0.15) is 48.6 Å². The maximum Gasteiger partial charge on any atom is 0.289 e. The third-order valence-electron chi connectivity index (χ3n) is 5.39. The Morgan fingerprint density at radius 3 is 3.04 bits per heavy atom. The van der Waals surface area contributed by atoms with Crippen molar-refractivity contribution in [1.29, 1.82) is 0 Å². The van der Waals surface area contributed by atoms with E-state index >= 15 is 0 Å². The molecule has 1 N–H and O–H groups in total. The van der Waals surface area contributed by atoms with E-state index in [0.717, 1.165) is 35.5 Å². The Balaban J connectivity index is 1.49. The summed E-state index contributed by atoms with van der Waals surface area (Å²) in [4.78, 5) is 23.7. The number of para-hydroxylation sites is 2. The van der Waals surface area contributed by atoms with Gasteiger partial charge in [-0.1, -0.05) is 25.5 Å². The average Bonchev–Trinajstić information content (AvgIpc) is 2.93. The molecular formula is C21H26N4O3. The lowest BCUT2D eigenvalue weighted by atomic mass is 9.95. The fourth-order valence-corrected chi connectivity index (χ4v) is 3.96. The van der Waals surface area contributed by atoms with Gasteiger partial charge < -0.3 is 19.7 Å². The summed E-state index contributed by atoms with van der Waals surface area (Å²) in [5, 5.41) is 3.02. The van der Waals surface area contributed by atoms with Crippen LogP contribution < -0.4 is 15.0 Å². The van der Waals surface area contributed by atoms with Crippen molar-refractivity contribution in [3.05, 3.63) is 47.5 Å². The number of carbonyl (C=O) groups excluding carboxylic acids is 1. The third kappa shape index (κ3) is 3.42. The van der Waals surface area contributed by atoms with Crippen LogP contribution in [0.15, 0.2) is 30.5 Å². The quantitative estimate of drug-likeness (QED) is 0.876. The van der Waals surface area contributed by atoms with Crippen LogP contribution in [0.3, 0.4) is 0 Å². The monoisotopic (exact) mass is 382 g/mol. The number of nitrogens with zero attached hydrogens (tertiary/aromatic N) is 3. The second-order valence-electron chi connectivity index (χ2n) is 7.67. The number of amides is 1. The minimum absolute atomic E-state index is 0.167. The number of rotatable bonds is 4. The van der Waals surface area contributed by atoms with Gasteiger partial charge in [-0.05, 0) is 25.5 Å². The normalized spacial score (nSPS) is 23.4. The molecule has 2 atom stereocenters. The third-order valence-corrected chi connectivity index (χ3v) is 5.39. The highest BCUT2D eigenvalue weighted by atomic mass is 16.5. The van der Waals surface area contributed by atoms with E-state index in [4.69, 9.17) is 9.47 Å². The molecule has 4 rings (SSSR count). The molecule has 1 unspecified atom stereocenters. The van der Waals surface area contributed by atoms with Gasteiger partial charge in [-0.25, -0.2) is 9.97 Å². The summed E-state index contributed by atoms with van der Waals surface area (Å²) in [6.07, 6.45) is 3.55. The summed E-state index contributed by atoms with van der Waals surface area (Å²) in [6, 6.07) is 7.71. The number of fused-ring (bicyclic) bond motifs is 2. The van der Waals surface area contributed by atoms with Crippen molar-refractivity contribution in [3.8, 4) is 5.75 Å². The van der Waals surface area contributed by atoms with Gasteiger partial charge in [0.25, 0.3) is 5.91 Å². The topological polar surface area (TPSA) is 76.6 Å². The van der Waals surface area contributed by atoms with Crippen LogP contribution in [0.2, 0.25) is 0 Å². The van der Waals surface area contributed by atoms with Crippen molar-refractivity contribution >= 4 is 11.6 Å². The van der Waals surface area contributed by atoms with Gasteiger partial charge in [0.2, 0.25) is 5.82 Å². The molecule has 2 aromatic rings. The number of aromatic nitrogens is 2. The number of carbonyl (C=O) groups is 1. The van der Waals surface area contributed by atoms with Crippen molar-refractivity contribution < 1.29 is 14.3 Å². The van der Waals surface area contributed by atoms with Gasteiger partial charge in [-0.2, -0.15) is 0 Å². The van der Waals surface area contributed by atoms with Crippen molar-refractivity contribution in [3.63, 3.8) is 0 Å². The zero-order valence-electron chi connectivity index (χ0n) is 16.6. The SMILES string of the molecule is CCCC1(C)OCc2cnc(C(=O)N[C@H]3COc4ccccc4N(C)C3)nc21. The number of ether oxygens (including phenoxy) is 2. The smallest absolute Gasteiger partial charge is 0.289 e. The lowest BCUT2D eigenvalue weighted by Crippen LogP contribution is -2.45. The van der Waals surface area contributed by atoms with Crippen LogP contribution >= 0.6 is 0 Å². The molecule has 0 saturated carbocycles. The van der Waals surface area contributed by atoms with Crippen LogP contribution in [0.4, 0.5) is 5.69 Å². The standard InChI is InChI=1S/C21H26N4O3/c1-4-9-21(2)18-14(12-28-21)10-22-19(24-18)20(26)23-15-11-25(3)16-7-5-6-8-17(16)27-13-15/h5-8,10,15H,4,9,11-13H2,1-3H3,(H,23,26)/t15-,21?/m1/s1. The largest absolute Gasteiger partial charge is 0.489 e. The molecular weight excluding hydrogens is 356 g/mol. The molecule has 7 nitrogen and oxygen atoms in total. The fourth-order valence-electron chi connectivity index (χ4n) is 3.96. The van der Waals surface area contributed by atoms with Crippen LogP contribution in [0.5, 0.6) is 5.75 Å². The second-order valence-corrected chi connectivity index (χ2v) is 7.67. The number of nitrogens with one attached hydrogen (secondary N) is 1. The Morgan fingerprint density at radius 1 is 1.39 bits per heavy atom. The maximum absolute atomic E-state index is 12.8. The summed E-state index contributed by atoms with van der Waals surface area (Å²) in [5.74, 6) is 0.709. The molecule has 2 aliphatic heterocycles. The molecule has 0 saturated heterocycles. The Hall–Kier alpha value is -2.67. The van der Waals surface area contributed by atoms with E-state index in [0.29, 0.717) is 19.8 Å². The second kappa shape index (κ2) is 7.39. The van der Waals surface area contributed by atoms with Crippen LogP contribution in [-0.4, -0.2) is 42.1 Å². The zero-order valence-corrected chi connectivity index (χ0v) is 16.6. The zero-order chi connectivity index (χ0) is 19.7. The molecule has 0 fully saturated rings. The van der Waals surface area contributed by atoms with E-state index in [1.807, 2.05) is 38.2 Å². The molecule has 1 aromatic heterocycles. The van der Waals surface area contributed by atoms with Gasteiger partial charge in [-0.15, -0.1) is 0 Å². The van der Waals surface area contributed by atoms with Crippen LogP contribution in [0.25, 0.3) is 0 Å². The van der Waals surface area contributed by atoms with E-state index in [-0.39, 0.29) is 17.8 Å². The molecule has 2 aliphatic rings. The first-order valence-corrected chi connectivity index (χ1v) is 9.74. The highest BCUT2D eigenvalue weighted by Crippen LogP contribution is 2.38. The van der Waals surface area contributed by atoms with Crippen molar-refractivity contribution in [2.24, 2.45) is 0 Å². The van der Waals surface area contributed by atoms with Gasteiger partial charge in [0.15, 0.2) is 0 Å². The first-order chi connectivity index (χ1) is 13.5. The van der Waals surface area contributed by atoms with Crippen molar-refractivity contribution in [2.45, 2.75) is 44.9 Å². The molecule has 1 amide bonds. The first kappa shape index (κ1) is 18.7. The van der Waals surface area contributed by atoms with E-state index in [9.17, 15) is 4.79 Å². The average molecular weight is 382 g/mol. The fraction of sp³-hybridized carbons (Fsp3) is 0.476. The first-order valence-electron chi connectivity index (χ1n) is 9.74. The molecule has 28 heavy (non-hydrogen) atoms. The molecule has 0 spiro atoms. The predicted molar refractivity (Wildman–Crippen MR) is 106 cm³/mol. The van der Waals surface area contributed by atoms with Crippen molar-refractivity contribution in [1.82, 2.24) is 15.3 Å². The molecule has 148 valence electrons. The van der Waals surface area contributed by atoms with E-state index < -0.39 is 5.60 Å². The molecule has 0 bridgehead atoms. The number of hydrogen-bond donors (Lipinski definition) is 1. The Morgan fingerprint density at radius 2 is 2.21 bits per heavy atom. The van der Waals surface area contributed by atoms with Crippen LogP contribution in [0, 0.1) is 0 Å². The lowest BCUT2D eigenvalue weighted by Gasteiger charge is -2.23. The molecule has 0 radical (unpaired) electrons. The van der Waals surface area contributed by atoms with E-state index in [1.165, 1.54) is 0 Å². The number of likely N-dealkylation sites (N-methyl/N-ethyl adjacent to an activating group) is 1. The molecule has 0 aliphatic carbocycles. The predicted octanol–water partition coefficient (Wildman–Crippen LogP) is 2.65. The summed E-state index contributed by atoms with van der Waals surface area (Å²) in [7, 11) is 1.99. The summed E-state index contributed by atoms with van der Waals surface area (Å²) >= 11 is 0. The molecule has 1 aromatic carbocycles. The highest BCUT2D eigenvalue weighted by molar-refractivity contribution is 5.90. The van der Waals surface area contributed by atoms with Crippen molar-refractivity contribution in [2.75, 3.05) is 25.1 Å². The van der Waals surface area contributed by atoms with Gasteiger partial charge >= 0.3 is 0 Å². The highest BCUT2D eigenvalue weighted by Gasteiger charge is 2.37. The van der Waals surface area contributed by atoms with Gasteiger partial charge in [-0.3, -0.25) is 4.79 Å². The van der Waals surface area contributed by atoms with Crippen LogP contribution in [-0.2, 0) is 16.9 Å². The Labute approximate surface area is 165 Å². The van der Waals surface area contributed by atoms with Gasteiger partial charge in [0, 0.05) is 25.4 Å².